The van der Waals surface area contributed by atoms with Crippen LogP contribution < -0.4 is 4.90 Å². The minimum Gasteiger partial charge on any atom is -0.338 e. The summed E-state index contributed by atoms with van der Waals surface area (Å²) in [5, 5.41) is 0. The monoisotopic (exact) mass is 251 g/mol. The van der Waals surface area contributed by atoms with E-state index < -0.39 is 0 Å². The molecule has 0 radical (unpaired) electrons. The molecule has 2 aliphatic carbocycles. The zero-order valence-electron chi connectivity index (χ0n) is 10.2. The summed E-state index contributed by atoms with van der Waals surface area (Å²) in [6.07, 6.45) is 7.23. The molecule has 1 heterocycles. The molecular formula is C13H18ClN3. The molecule has 17 heavy (non-hydrogen) atoms. The average Bonchev–Trinajstić information content (AvgIpc) is 3.17. The molecule has 0 spiro atoms. The van der Waals surface area contributed by atoms with Crippen LogP contribution in [0.3, 0.4) is 0 Å². The molecule has 2 fully saturated rings. The average molecular weight is 252 g/mol. The number of rotatable bonds is 5. The Bertz CT molecular complexity index is 413. The summed E-state index contributed by atoms with van der Waals surface area (Å²) in [7, 11) is 0. The summed E-state index contributed by atoms with van der Waals surface area (Å²) >= 11 is 5.84. The van der Waals surface area contributed by atoms with Crippen molar-refractivity contribution >= 4 is 17.5 Å². The van der Waals surface area contributed by atoms with Gasteiger partial charge in [-0.15, -0.1) is 11.6 Å². The first kappa shape index (κ1) is 11.3. The van der Waals surface area contributed by atoms with E-state index in [4.69, 9.17) is 11.6 Å². The van der Waals surface area contributed by atoms with Crippen molar-refractivity contribution in [3.63, 3.8) is 0 Å². The van der Waals surface area contributed by atoms with E-state index in [1.807, 2.05) is 13.1 Å². The molecule has 0 bridgehead atoms. The highest BCUT2D eigenvalue weighted by Gasteiger charge is 2.35. The van der Waals surface area contributed by atoms with Crippen molar-refractivity contribution in [1.29, 1.82) is 0 Å². The second-order valence-electron chi connectivity index (χ2n) is 5.24. The first-order chi connectivity index (χ1) is 8.28. The Hall–Kier alpha value is -0.830. The van der Waals surface area contributed by atoms with Crippen molar-refractivity contribution in [3.05, 3.63) is 17.5 Å². The molecule has 0 amide bonds. The number of hydrogen-bond acceptors (Lipinski definition) is 3. The van der Waals surface area contributed by atoms with E-state index in [1.54, 1.807) is 0 Å². The van der Waals surface area contributed by atoms with Crippen molar-refractivity contribution in [2.45, 2.75) is 44.5 Å². The van der Waals surface area contributed by atoms with Crippen LogP contribution in [0.2, 0.25) is 0 Å². The minimum atomic E-state index is 0.498. The number of alkyl halides is 1. The molecular weight excluding hydrogens is 234 g/mol. The predicted octanol–water partition coefficient (Wildman–Crippen LogP) is 2.90. The molecule has 92 valence electrons. The molecule has 2 saturated carbocycles. The van der Waals surface area contributed by atoms with Gasteiger partial charge in [0.05, 0.1) is 5.88 Å². The lowest BCUT2D eigenvalue weighted by atomic mass is 10.3. The lowest BCUT2D eigenvalue weighted by Crippen LogP contribution is -2.30. The number of halogens is 1. The quantitative estimate of drug-likeness (QED) is 0.754. The third-order valence-electron chi connectivity index (χ3n) is 3.61. The van der Waals surface area contributed by atoms with Gasteiger partial charge in [-0.3, -0.25) is 0 Å². The van der Waals surface area contributed by atoms with E-state index in [-0.39, 0.29) is 0 Å². The normalized spacial score (nSPS) is 19.4. The fraction of sp³-hybridized carbons (Fsp3) is 0.692. The van der Waals surface area contributed by atoms with E-state index in [2.05, 4.69) is 14.9 Å². The largest absolute Gasteiger partial charge is 0.338 e. The van der Waals surface area contributed by atoms with Crippen LogP contribution >= 0.6 is 11.6 Å². The van der Waals surface area contributed by atoms with Gasteiger partial charge in [-0.25, -0.2) is 9.97 Å². The number of hydrogen-bond donors (Lipinski definition) is 0. The first-order valence-electron chi connectivity index (χ1n) is 6.43. The van der Waals surface area contributed by atoms with Gasteiger partial charge in [0.25, 0.3) is 0 Å². The molecule has 1 aromatic rings. The van der Waals surface area contributed by atoms with Crippen molar-refractivity contribution in [2.75, 3.05) is 11.4 Å². The zero-order chi connectivity index (χ0) is 11.8. The van der Waals surface area contributed by atoms with Crippen molar-refractivity contribution in [3.8, 4) is 0 Å². The molecule has 0 atom stereocenters. The molecule has 0 aliphatic heterocycles. The summed E-state index contributed by atoms with van der Waals surface area (Å²) in [5.41, 5.74) is 2.06. The fourth-order valence-corrected chi connectivity index (χ4v) is 2.37. The van der Waals surface area contributed by atoms with Gasteiger partial charge in [-0.05, 0) is 38.5 Å². The SMILES string of the molecule is Cc1nc(N(CC2CC2)C2CC2)ncc1CCl. The second-order valence-corrected chi connectivity index (χ2v) is 5.51. The maximum absolute atomic E-state index is 5.84. The van der Waals surface area contributed by atoms with E-state index in [9.17, 15) is 0 Å². The van der Waals surface area contributed by atoms with Crippen molar-refractivity contribution < 1.29 is 0 Å². The number of aryl methyl sites for hydroxylation is 1. The van der Waals surface area contributed by atoms with Gasteiger partial charge in [0.15, 0.2) is 0 Å². The topological polar surface area (TPSA) is 29.0 Å². The van der Waals surface area contributed by atoms with E-state index in [1.165, 1.54) is 25.7 Å². The smallest absolute Gasteiger partial charge is 0.225 e. The number of nitrogens with zero attached hydrogens (tertiary/aromatic N) is 3. The van der Waals surface area contributed by atoms with E-state index in [0.29, 0.717) is 11.9 Å². The highest BCUT2D eigenvalue weighted by molar-refractivity contribution is 6.17. The van der Waals surface area contributed by atoms with E-state index >= 15 is 0 Å². The van der Waals surface area contributed by atoms with Gasteiger partial charge in [0, 0.05) is 30.0 Å². The lowest BCUT2D eigenvalue weighted by molar-refractivity contribution is 0.694. The number of anilines is 1. The Balaban J connectivity index is 1.81. The van der Waals surface area contributed by atoms with Gasteiger partial charge >= 0.3 is 0 Å². The van der Waals surface area contributed by atoms with Crippen molar-refractivity contribution in [1.82, 2.24) is 9.97 Å². The van der Waals surface area contributed by atoms with Gasteiger partial charge < -0.3 is 4.90 Å². The van der Waals surface area contributed by atoms with Gasteiger partial charge in [0.2, 0.25) is 5.95 Å². The van der Waals surface area contributed by atoms with Crippen LogP contribution in [0.25, 0.3) is 0 Å². The van der Waals surface area contributed by atoms with Gasteiger partial charge in [0.1, 0.15) is 0 Å². The lowest BCUT2D eigenvalue weighted by Gasteiger charge is -2.22. The van der Waals surface area contributed by atoms with Gasteiger partial charge in [-0.1, -0.05) is 0 Å². The maximum atomic E-state index is 5.84. The standard InChI is InChI=1S/C13H18ClN3/c1-9-11(6-14)7-15-13(16-9)17(12-4-5-12)8-10-2-3-10/h7,10,12H,2-6,8H2,1H3. The van der Waals surface area contributed by atoms with Crippen LogP contribution in [0, 0.1) is 12.8 Å². The highest BCUT2D eigenvalue weighted by atomic mass is 35.5. The third kappa shape index (κ3) is 2.54. The first-order valence-corrected chi connectivity index (χ1v) is 6.96. The predicted molar refractivity (Wildman–Crippen MR) is 69.4 cm³/mol. The summed E-state index contributed by atoms with van der Waals surface area (Å²) < 4.78 is 0. The zero-order valence-corrected chi connectivity index (χ0v) is 11.0. The second kappa shape index (κ2) is 4.45. The molecule has 0 unspecified atom stereocenters. The summed E-state index contributed by atoms with van der Waals surface area (Å²) in [6, 6.07) is 0.692. The Morgan fingerprint density at radius 1 is 1.35 bits per heavy atom. The molecule has 3 rings (SSSR count). The Morgan fingerprint density at radius 2 is 2.12 bits per heavy atom. The number of aromatic nitrogens is 2. The Labute approximate surface area is 107 Å². The molecule has 0 N–H and O–H groups in total. The molecule has 0 aromatic carbocycles. The maximum Gasteiger partial charge on any atom is 0.225 e. The Kier molecular flexibility index (Phi) is 2.95. The highest BCUT2D eigenvalue weighted by Crippen LogP contribution is 2.36. The van der Waals surface area contributed by atoms with Crippen LogP contribution in [0.4, 0.5) is 5.95 Å². The Morgan fingerprint density at radius 3 is 2.65 bits per heavy atom. The van der Waals surface area contributed by atoms with Crippen LogP contribution in [0.1, 0.15) is 36.9 Å². The van der Waals surface area contributed by atoms with E-state index in [0.717, 1.165) is 29.7 Å². The van der Waals surface area contributed by atoms with Gasteiger partial charge in [-0.2, -0.15) is 0 Å². The van der Waals surface area contributed by atoms with Crippen LogP contribution in [0.5, 0.6) is 0 Å². The minimum absolute atomic E-state index is 0.498. The molecule has 4 heteroatoms. The molecule has 2 aliphatic rings. The van der Waals surface area contributed by atoms with Crippen molar-refractivity contribution in [2.24, 2.45) is 5.92 Å². The fourth-order valence-electron chi connectivity index (χ4n) is 2.11. The van der Waals surface area contributed by atoms with Crippen LogP contribution in [0.15, 0.2) is 6.20 Å². The third-order valence-corrected chi connectivity index (χ3v) is 3.90. The molecule has 0 saturated heterocycles. The van der Waals surface area contributed by atoms with Crippen LogP contribution in [-0.2, 0) is 5.88 Å². The summed E-state index contributed by atoms with van der Waals surface area (Å²) in [6.45, 7) is 3.16. The summed E-state index contributed by atoms with van der Waals surface area (Å²) in [5.74, 6) is 2.29. The van der Waals surface area contributed by atoms with Crippen LogP contribution in [-0.4, -0.2) is 22.6 Å². The summed E-state index contributed by atoms with van der Waals surface area (Å²) in [4.78, 5) is 11.5. The molecule has 1 aromatic heterocycles. The molecule has 3 nitrogen and oxygen atoms in total.